The molecule has 0 spiro atoms. The number of para-hydroxylation sites is 2. The number of benzene rings is 2. The standard InChI is InChI=1S/C25H31N5/c1-4-12-20(13-5-1)26-24-22-16-8-9-17-23(22)27-25(28-24)30(21-14-6-2-7-15-21)29-18-10-3-11-19-29/h1,4-5,8-9,12-13,16-17,21H,2-3,6-7,10-11,14-15,18-19H2,(H,26,27,28). The van der Waals surface area contributed by atoms with E-state index in [9.17, 15) is 0 Å². The van der Waals surface area contributed by atoms with Gasteiger partial charge in [0.25, 0.3) is 0 Å². The number of anilines is 3. The molecule has 1 aliphatic carbocycles. The van der Waals surface area contributed by atoms with Gasteiger partial charge < -0.3 is 5.32 Å². The van der Waals surface area contributed by atoms with Gasteiger partial charge in [0.1, 0.15) is 5.82 Å². The van der Waals surface area contributed by atoms with Gasteiger partial charge in [0.15, 0.2) is 0 Å². The first-order chi connectivity index (χ1) is 14.9. The molecular formula is C25H31N5. The third kappa shape index (κ3) is 4.12. The van der Waals surface area contributed by atoms with Crippen LogP contribution in [0.4, 0.5) is 17.5 Å². The fourth-order valence-electron chi connectivity index (χ4n) is 4.86. The van der Waals surface area contributed by atoms with Crippen molar-refractivity contribution in [2.24, 2.45) is 0 Å². The van der Waals surface area contributed by atoms with Gasteiger partial charge in [-0.15, -0.1) is 0 Å². The van der Waals surface area contributed by atoms with Gasteiger partial charge in [-0.3, -0.25) is 5.01 Å². The highest BCUT2D eigenvalue weighted by molar-refractivity contribution is 5.91. The molecule has 30 heavy (non-hydrogen) atoms. The molecule has 0 amide bonds. The number of hydrogen-bond acceptors (Lipinski definition) is 5. The summed E-state index contributed by atoms with van der Waals surface area (Å²) in [5.74, 6) is 1.74. The average molecular weight is 402 g/mol. The minimum atomic E-state index is 0.502. The number of nitrogens with one attached hydrogen (secondary N) is 1. The Morgan fingerprint density at radius 3 is 2.27 bits per heavy atom. The molecule has 1 aromatic heterocycles. The highest BCUT2D eigenvalue weighted by Crippen LogP contribution is 2.32. The summed E-state index contributed by atoms with van der Waals surface area (Å²) < 4.78 is 0. The average Bonchev–Trinajstić information content (AvgIpc) is 2.81. The summed E-state index contributed by atoms with van der Waals surface area (Å²) in [7, 11) is 0. The maximum atomic E-state index is 5.11. The Balaban J connectivity index is 1.57. The Morgan fingerprint density at radius 1 is 0.767 bits per heavy atom. The maximum Gasteiger partial charge on any atom is 0.243 e. The lowest BCUT2D eigenvalue weighted by molar-refractivity contribution is 0.168. The summed E-state index contributed by atoms with van der Waals surface area (Å²) in [5.41, 5.74) is 2.05. The van der Waals surface area contributed by atoms with Crippen LogP contribution in [0.5, 0.6) is 0 Å². The molecular weight excluding hydrogens is 370 g/mol. The Bertz CT molecular complexity index is 944. The smallest absolute Gasteiger partial charge is 0.243 e. The Labute approximate surface area is 179 Å². The van der Waals surface area contributed by atoms with E-state index in [0.717, 1.165) is 41.4 Å². The monoisotopic (exact) mass is 401 g/mol. The number of aromatic nitrogens is 2. The van der Waals surface area contributed by atoms with Crippen LogP contribution in [0.2, 0.25) is 0 Å². The third-order valence-electron chi connectivity index (χ3n) is 6.39. The molecule has 0 bridgehead atoms. The van der Waals surface area contributed by atoms with Crippen molar-refractivity contribution in [3.63, 3.8) is 0 Å². The molecule has 2 aliphatic rings. The molecule has 0 radical (unpaired) electrons. The van der Waals surface area contributed by atoms with Crippen LogP contribution in [0.15, 0.2) is 54.6 Å². The van der Waals surface area contributed by atoms with E-state index in [1.807, 2.05) is 6.07 Å². The summed E-state index contributed by atoms with van der Waals surface area (Å²) in [4.78, 5) is 10.2. The predicted molar refractivity (Wildman–Crippen MR) is 124 cm³/mol. The van der Waals surface area contributed by atoms with Crippen molar-refractivity contribution in [3.05, 3.63) is 54.6 Å². The van der Waals surface area contributed by atoms with Gasteiger partial charge in [0.05, 0.1) is 5.52 Å². The molecule has 156 valence electrons. The van der Waals surface area contributed by atoms with Crippen LogP contribution in [-0.4, -0.2) is 34.1 Å². The van der Waals surface area contributed by atoms with Crippen LogP contribution in [0, 0.1) is 0 Å². The van der Waals surface area contributed by atoms with E-state index in [1.54, 1.807) is 0 Å². The second-order valence-electron chi connectivity index (χ2n) is 8.53. The van der Waals surface area contributed by atoms with E-state index >= 15 is 0 Å². The number of rotatable bonds is 5. The lowest BCUT2D eigenvalue weighted by atomic mass is 9.95. The van der Waals surface area contributed by atoms with Crippen LogP contribution < -0.4 is 10.3 Å². The normalized spacial score (nSPS) is 18.4. The molecule has 0 unspecified atom stereocenters. The molecule has 0 atom stereocenters. The summed E-state index contributed by atoms with van der Waals surface area (Å²) in [5, 5.41) is 9.60. The van der Waals surface area contributed by atoms with Crippen LogP contribution in [0.3, 0.4) is 0 Å². The number of hydrogen-bond donors (Lipinski definition) is 1. The second kappa shape index (κ2) is 9.00. The number of piperidine rings is 1. The summed E-state index contributed by atoms with van der Waals surface area (Å²) in [6, 6.07) is 19.1. The number of fused-ring (bicyclic) bond motifs is 1. The fraction of sp³-hybridized carbons (Fsp3) is 0.440. The molecule has 5 heteroatoms. The molecule has 2 heterocycles. The molecule has 1 N–H and O–H groups in total. The van der Waals surface area contributed by atoms with E-state index in [2.05, 4.69) is 63.9 Å². The third-order valence-corrected chi connectivity index (χ3v) is 6.39. The highest BCUT2D eigenvalue weighted by Gasteiger charge is 2.30. The van der Waals surface area contributed by atoms with E-state index in [1.165, 1.54) is 51.4 Å². The highest BCUT2D eigenvalue weighted by atomic mass is 15.7. The van der Waals surface area contributed by atoms with E-state index in [4.69, 9.17) is 9.97 Å². The zero-order valence-electron chi connectivity index (χ0n) is 17.6. The van der Waals surface area contributed by atoms with Gasteiger partial charge in [0.2, 0.25) is 5.95 Å². The SMILES string of the molecule is c1ccc(Nc2nc(N(C3CCCCC3)N3CCCCC3)nc3ccccc23)cc1. The van der Waals surface area contributed by atoms with Crippen LogP contribution >= 0.6 is 0 Å². The molecule has 5 rings (SSSR count). The maximum absolute atomic E-state index is 5.11. The van der Waals surface area contributed by atoms with E-state index in [-0.39, 0.29) is 0 Å². The molecule has 1 saturated carbocycles. The lowest BCUT2D eigenvalue weighted by Crippen LogP contribution is -2.52. The van der Waals surface area contributed by atoms with Gasteiger partial charge >= 0.3 is 0 Å². The molecule has 2 fully saturated rings. The van der Waals surface area contributed by atoms with E-state index in [0.29, 0.717) is 6.04 Å². The largest absolute Gasteiger partial charge is 0.340 e. The Hall–Kier alpha value is -2.66. The van der Waals surface area contributed by atoms with Crippen LogP contribution in [0.25, 0.3) is 10.9 Å². The number of nitrogens with zero attached hydrogens (tertiary/aromatic N) is 4. The number of hydrazine groups is 1. The molecule has 5 nitrogen and oxygen atoms in total. The minimum absolute atomic E-state index is 0.502. The van der Waals surface area contributed by atoms with Gasteiger partial charge in [-0.1, -0.05) is 56.0 Å². The fourth-order valence-corrected chi connectivity index (χ4v) is 4.86. The zero-order valence-corrected chi connectivity index (χ0v) is 17.6. The Morgan fingerprint density at radius 2 is 1.47 bits per heavy atom. The first kappa shape index (κ1) is 19.3. The van der Waals surface area contributed by atoms with Gasteiger partial charge in [0, 0.05) is 30.2 Å². The zero-order chi connectivity index (χ0) is 20.2. The molecule has 3 aromatic rings. The van der Waals surface area contributed by atoms with Crippen molar-refractivity contribution in [1.29, 1.82) is 0 Å². The van der Waals surface area contributed by atoms with Crippen molar-refractivity contribution >= 4 is 28.4 Å². The van der Waals surface area contributed by atoms with Crippen molar-refractivity contribution in [3.8, 4) is 0 Å². The van der Waals surface area contributed by atoms with Gasteiger partial charge in [-0.05, 0) is 49.9 Å². The second-order valence-corrected chi connectivity index (χ2v) is 8.53. The van der Waals surface area contributed by atoms with E-state index < -0.39 is 0 Å². The topological polar surface area (TPSA) is 44.3 Å². The first-order valence-corrected chi connectivity index (χ1v) is 11.5. The van der Waals surface area contributed by atoms with Crippen LogP contribution in [0.1, 0.15) is 51.4 Å². The van der Waals surface area contributed by atoms with Gasteiger partial charge in [-0.2, -0.15) is 4.98 Å². The van der Waals surface area contributed by atoms with Crippen molar-refractivity contribution in [1.82, 2.24) is 15.0 Å². The first-order valence-electron chi connectivity index (χ1n) is 11.5. The Kier molecular flexibility index (Phi) is 5.80. The quantitative estimate of drug-likeness (QED) is 0.575. The van der Waals surface area contributed by atoms with Crippen molar-refractivity contribution < 1.29 is 0 Å². The summed E-state index contributed by atoms with van der Waals surface area (Å²) >= 11 is 0. The molecule has 1 saturated heterocycles. The van der Waals surface area contributed by atoms with Crippen LogP contribution in [-0.2, 0) is 0 Å². The molecule has 2 aromatic carbocycles. The van der Waals surface area contributed by atoms with Crippen molar-refractivity contribution in [2.45, 2.75) is 57.4 Å². The predicted octanol–water partition coefficient (Wildman–Crippen LogP) is 5.91. The van der Waals surface area contributed by atoms with Gasteiger partial charge in [-0.25, -0.2) is 9.99 Å². The summed E-state index contributed by atoms with van der Waals surface area (Å²) in [6.45, 7) is 2.21. The summed E-state index contributed by atoms with van der Waals surface area (Å²) in [6.07, 6.45) is 10.3. The van der Waals surface area contributed by atoms with Crippen molar-refractivity contribution in [2.75, 3.05) is 23.4 Å². The lowest BCUT2D eigenvalue weighted by Gasteiger charge is -2.43. The molecule has 1 aliphatic heterocycles. The minimum Gasteiger partial charge on any atom is -0.340 e.